The molecule has 2 nitrogen and oxygen atoms in total. The highest BCUT2D eigenvalue weighted by atomic mass is 16.5. The van der Waals surface area contributed by atoms with Gasteiger partial charge in [0.05, 0.1) is 7.11 Å². The van der Waals surface area contributed by atoms with Crippen LogP contribution in [0.4, 0.5) is 0 Å². The van der Waals surface area contributed by atoms with Crippen LogP contribution >= 0.6 is 0 Å². The van der Waals surface area contributed by atoms with Crippen molar-refractivity contribution in [2.45, 2.75) is 51.0 Å². The second kappa shape index (κ2) is 6.24. The molecule has 18 heavy (non-hydrogen) atoms. The minimum Gasteiger partial charge on any atom is -0.497 e. The van der Waals surface area contributed by atoms with Gasteiger partial charge in [0.1, 0.15) is 5.75 Å². The number of methoxy groups -OCH3 is 1. The van der Waals surface area contributed by atoms with Crippen LogP contribution in [0.15, 0.2) is 18.2 Å². The Morgan fingerprint density at radius 2 is 2.28 bits per heavy atom. The summed E-state index contributed by atoms with van der Waals surface area (Å²) in [5.41, 5.74) is 3.02. The van der Waals surface area contributed by atoms with Gasteiger partial charge in [-0.25, -0.2) is 0 Å². The van der Waals surface area contributed by atoms with Crippen molar-refractivity contribution in [3.63, 3.8) is 0 Å². The van der Waals surface area contributed by atoms with Crippen molar-refractivity contribution in [2.75, 3.05) is 14.2 Å². The van der Waals surface area contributed by atoms with E-state index < -0.39 is 0 Å². The fourth-order valence-electron chi connectivity index (χ4n) is 3.22. The van der Waals surface area contributed by atoms with E-state index >= 15 is 0 Å². The van der Waals surface area contributed by atoms with E-state index in [1.807, 2.05) is 0 Å². The van der Waals surface area contributed by atoms with E-state index in [2.05, 4.69) is 37.5 Å². The number of ether oxygens (including phenoxy) is 1. The zero-order valence-electron chi connectivity index (χ0n) is 11.8. The lowest BCUT2D eigenvalue weighted by atomic mass is 9.77. The van der Waals surface area contributed by atoms with Crippen molar-refractivity contribution in [1.82, 2.24) is 5.32 Å². The Morgan fingerprint density at radius 1 is 1.44 bits per heavy atom. The Hall–Kier alpha value is -1.02. The zero-order chi connectivity index (χ0) is 13.0. The molecule has 2 heteroatoms. The van der Waals surface area contributed by atoms with E-state index in [0.29, 0.717) is 12.0 Å². The minimum absolute atomic E-state index is 0.598. The second-order valence-electron chi connectivity index (χ2n) is 5.25. The molecule has 0 aromatic heterocycles. The van der Waals surface area contributed by atoms with Gasteiger partial charge in [-0.3, -0.25) is 0 Å². The standard InChI is InChI=1S/C16H25NO/c1-4-6-16(17-2)14-8-5-7-12-9-10-13(18-3)11-15(12)14/h9-11,14,16-17H,4-8H2,1-3H3. The first-order valence-electron chi connectivity index (χ1n) is 7.14. The van der Waals surface area contributed by atoms with Gasteiger partial charge in [-0.2, -0.15) is 0 Å². The van der Waals surface area contributed by atoms with Crippen molar-refractivity contribution in [2.24, 2.45) is 0 Å². The van der Waals surface area contributed by atoms with E-state index in [-0.39, 0.29) is 0 Å². The Balaban J connectivity index is 2.30. The normalized spacial score (nSPS) is 20.3. The minimum atomic E-state index is 0.598. The SMILES string of the molecule is CCCC(NC)C1CCCc2ccc(OC)cc21. The summed E-state index contributed by atoms with van der Waals surface area (Å²) >= 11 is 0. The summed E-state index contributed by atoms with van der Waals surface area (Å²) in [5, 5.41) is 3.51. The number of hydrogen-bond donors (Lipinski definition) is 1. The highest BCUT2D eigenvalue weighted by molar-refractivity contribution is 5.40. The first-order valence-corrected chi connectivity index (χ1v) is 7.14. The summed E-state index contributed by atoms with van der Waals surface area (Å²) in [6.45, 7) is 2.26. The highest BCUT2D eigenvalue weighted by Gasteiger charge is 2.26. The molecule has 1 aromatic rings. The predicted octanol–water partition coefficient (Wildman–Crippen LogP) is 3.50. The maximum absolute atomic E-state index is 5.38. The van der Waals surface area contributed by atoms with E-state index in [0.717, 1.165) is 5.75 Å². The van der Waals surface area contributed by atoms with Crippen LogP contribution in [-0.4, -0.2) is 20.2 Å². The van der Waals surface area contributed by atoms with Gasteiger partial charge in [0.25, 0.3) is 0 Å². The lowest BCUT2D eigenvalue weighted by Gasteiger charge is -2.32. The molecular formula is C16H25NO. The van der Waals surface area contributed by atoms with Gasteiger partial charge in [0.15, 0.2) is 0 Å². The van der Waals surface area contributed by atoms with Crippen LogP contribution in [0.1, 0.15) is 49.7 Å². The topological polar surface area (TPSA) is 21.3 Å². The first kappa shape index (κ1) is 13.4. The summed E-state index contributed by atoms with van der Waals surface area (Å²) in [6.07, 6.45) is 6.31. The van der Waals surface area contributed by atoms with Crippen LogP contribution in [0, 0.1) is 0 Å². The number of aryl methyl sites for hydroxylation is 1. The van der Waals surface area contributed by atoms with Gasteiger partial charge in [-0.1, -0.05) is 19.4 Å². The smallest absolute Gasteiger partial charge is 0.119 e. The Kier molecular flexibility index (Phi) is 4.65. The van der Waals surface area contributed by atoms with Crippen molar-refractivity contribution >= 4 is 0 Å². The van der Waals surface area contributed by atoms with Gasteiger partial charge in [0, 0.05) is 6.04 Å². The molecule has 0 aliphatic heterocycles. The largest absolute Gasteiger partial charge is 0.497 e. The number of nitrogens with one attached hydrogen (secondary N) is 1. The molecule has 1 aliphatic carbocycles. The van der Waals surface area contributed by atoms with Crippen LogP contribution < -0.4 is 10.1 Å². The van der Waals surface area contributed by atoms with E-state index in [4.69, 9.17) is 4.74 Å². The average molecular weight is 247 g/mol. The Morgan fingerprint density at radius 3 is 2.94 bits per heavy atom. The molecule has 0 heterocycles. The van der Waals surface area contributed by atoms with Crippen LogP contribution in [0.2, 0.25) is 0 Å². The molecule has 1 aromatic carbocycles. The van der Waals surface area contributed by atoms with E-state index in [1.165, 1.54) is 43.2 Å². The van der Waals surface area contributed by atoms with Crippen LogP contribution in [0.5, 0.6) is 5.75 Å². The highest BCUT2D eigenvalue weighted by Crippen LogP contribution is 2.37. The molecule has 1 N–H and O–H groups in total. The van der Waals surface area contributed by atoms with Crippen LogP contribution in [-0.2, 0) is 6.42 Å². The fourth-order valence-corrected chi connectivity index (χ4v) is 3.22. The van der Waals surface area contributed by atoms with Crippen LogP contribution in [0.25, 0.3) is 0 Å². The second-order valence-corrected chi connectivity index (χ2v) is 5.25. The third-order valence-electron chi connectivity index (χ3n) is 4.17. The zero-order valence-corrected chi connectivity index (χ0v) is 11.8. The summed E-state index contributed by atoms with van der Waals surface area (Å²) in [6, 6.07) is 7.19. The van der Waals surface area contributed by atoms with Gasteiger partial charge in [-0.15, -0.1) is 0 Å². The molecule has 0 saturated carbocycles. The Labute approximate surface area is 111 Å². The number of fused-ring (bicyclic) bond motifs is 1. The number of hydrogen-bond acceptors (Lipinski definition) is 2. The molecule has 2 rings (SSSR count). The predicted molar refractivity (Wildman–Crippen MR) is 76.4 cm³/mol. The molecule has 0 fully saturated rings. The third kappa shape index (κ3) is 2.69. The van der Waals surface area contributed by atoms with Crippen LogP contribution in [0.3, 0.4) is 0 Å². The van der Waals surface area contributed by atoms with Crippen molar-refractivity contribution in [3.8, 4) is 5.75 Å². The maximum Gasteiger partial charge on any atom is 0.119 e. The number of likely N-dealkylation sites (N-methyl/N-ethyl adjacent to an activating group) is 1. The molecular weight excluding hydrogens is 222 g/mol. The summed E-state index contributed by atoms with van der Waals surface area (Å²) < 4.78 is 5.38. The summed E-state index contributed by atoms with van der Waals surface area (Å²) in [5.74, 6) is 1.64. The van der Waals surface area contributed by atoms with Gasteiger partial charge in [0.2, 0.25) is 0 Å². The third-order valence-corrected chi connectivity index (χ3v) is 4.17. The molecule has 0 radical (unpaired) electrons. The lowest BCUT2D eigenvalue weighted by molar-refractivity contribution is 0.384. The number of benzene rings is 1. The number of rotatable bonds is 5. The molecule has 0 spiro atoms. The molecule has 0 amide bonds. The van der Waals surface area contributed by atoms with Crippen molar-refractivity contribution < 1.29 is 4.74 Å². The monoisotopic (exact) mass is 247 g/mol. The quantitative estimate of drug-likeness (QED) is 0.860. The molecule has 0 bridgehead atoms. The fraction of sp³-hybridized carbons (Fsp3) is 0.625. The maximum atomic E-state index is 5.38. The average Bonchev–Trinajstić information content (AvgIpc) is 2.43. The summed E-state index contributed by atoms with van der Waals surface area (Å²) in [4.78, 5) is 0. The van der Waals surface area contributed by atoms with Gasteiger partial charge < -0.3 is 10.1 Å². The molecule has 2 unspecified atom stereocenters. The lowest BCUT2D eigenvalue weighted by Crippen LogP contribution is -2.34. The van der Waals surface area contributed by atoms with E-state index in [9.17, 15) is 0 Å². The molecule has 2 atom stereocenters. The van der Waals surface area contributed by atoms with Gasteiger partial charge >= 0.3 is 0 Å². The molecule has 100 valence electrons. The molecule has 0 saturated heterocycles. The first-order chi connectivity index (χ1) is 8.80. The molecule has 1 aliphatic rings. The van der Waals surface area contributed by atoms with Gasteiger partial charge in [-0.05, 0) is 61.9 Å². The van der Waals surface area contributed by atoms with E-state index in [1.54, 1.807) is 7.11 Å². The van der Waals surface area contributed by atoms with Crippen molar-refractivity contribution in [3.05, 3.63) is 29.3 Å². The summed E-state index contributed by atoms with van der Waals surface area (Å²) in [7, 11) is 3.84. The Bertz CT molecular complexity index is 389. The van der Waals surface area contributed by atoms with Crippen molar-refractivity contribution in [1.29, 1.82) is 0 Å².